The fourth-order valence-electron chi connectivity index (χ4n) is 1.89. The molecule has 0 amide bonds. The number of hydrogen-bond donors (Lipinski definition) is 0. The summed E-state index contributed by atoms with van der Waals surface area (Å²) < 4.78 is 16.8. The Morgan fingerprint density at radius 2 is 2.05 bits per heavy atom. The van der Waals surface area contributed by atoms with Crippen LogP contribution in [0.1, 0.15) is 19.0 Å². The van der Waals surface area contributed by atoms with Crippen LogP contribution in [-0.4, -0.2) is 27.5 Å². The quantitative estimate of drug-likeness (QED) is 0.794. The highest BCUT2D eigenvalue weighted by molar-refractivity contribution is 7.84. The number of benzene rings is 1. The molecule has 1 aromatic carbocycles. The summed E-state index contributed by atoms with van der Waals surface area (Å²) >= 11 is 0. The minimum atomic E-state index is -1.14. The molecule has 106 valence electrons. The first-order valence-corrected chi connectivity index (χ1v) is 7.77. The maximum atomic E-state index is 12.2. The van der Waals surface area contributed by atoms with E-state index in [1.807, 2.05) is 36.4 Å². The molecule has 0 aliphatic rings. The Labute approximate surface area is 120 Å². The maximum Gasteiger partial charge on any atom is 0.306 e. The molecule has 4 nitrogen and oxygen atoms in total. The van der Waals surface area contributed by atoms with Crippen molar-refractivity contribution in [1.82, 2.24) is 4.98 Å². The van der Waals surface area contributed by atoms with Gasteiger partial charge in [-0.3, -0.25) is 14.0 Å². The molecule has 0 spiro atoms. The van der Waals surface area contributed by atoms with Crippen molar-refractivity contribution in [2.24, 2.45) is 0 Å². The van der Waals surface area contributed by atoms with Crippen molar-refractivity contribution < 1.29 is 13.7 Å². The van der Waals surface area contributed by atoms with Crippen LogP contribution >= 0.6 is 0 Å². The Morgan fingerprint density at radius 1 is 1.30 bits per heavy atom. The van der Waals surface area contributed by atoms with E-state index in [4.69, 9.17) is 0 Å². The smallest absolute Gasteiger partial charge is 0.306 e. The predicted octanol–water partition coefficient (Wildman–Crippen LogP) is 2.44. The van der Waals surface area contributed by atoms with Gasteiger partial charge in [-0.25, -0.2) is 0 Å². The zero-order valence-electron chi connectivity index (χ0n) is 11.5. The molecule has 1 heterocycles. The van der Waals surface area contributed by atoms with Gasteiger partial charge in [0.2, 0.25) is 0 Å². The van der Waals surface area contributed by atoms with Gasteiger partial charge in [-0.1, -0.05) is 31.2 Å². The number of ether oxygens (including phenoxy) is 1. The van der Waals surface area contributed by atoms with Gasteiger partial charge in [-0.05, 0) is 12.1 Å². The average molecular weight is 291 g/mol. The molecular weight excluding hydrogens is 274 g/mol. The number of hydrogen-bond acceptors (Lipinski definition) is 4. The summed E-state index contributed by atoms with van der Waals surface area (Å²) in [5.74, 6) is 0.0144. The molecule has 2 atom stereocenters. The molecule has 0 fully saturated rings. The summed E-state index contributed by atoms with van der Waals surface area (Å²) in [6.07, 6.45) is 0.163. The highest BCUT2D eigenvalue weighted by Crippen LogP contribution is 2.14. The molecule has 1 aromatic heterocycles. The molecule has 0 saturated carbocycles. The van der Waals surface area contributed by atoms with E-state index < -0.39 is 10.8 Å². The summed E-state index contributed by atoms with van der Waals surface area (Å²) in [6.45, 7) is 1.79. The second-order valence-corrected chi connectivity index (χ2v) is 6.47. The number of nitrogens with zero attached hydrogens (tertiary/aromatic N) is 1. The molecule has 2 aromatic rings. The summed E-state index contributed by atoms with van der Waals surface area (Å²) in [6, 6.07) is 11.7. The van der Waals surface area contributed by atoms with Gasteiger partial charge in [0.25, 0.3) is 0 Å². The third-order valence-corrected chi connectivity index (χ3v) is 4.72. The second kappa shape index (κ2) is 6.61. The molecule has 0 radical (unpaired) electrons. The third kappa shape index (κ3) is 3.63. The number of aromatic nitrogens is 1. The molecule has 2 unspecified atom stereocenters. The Bertz CT molecular complexity index is 642. The van der Waals surface area contributed by atoms with Crippen molar-refractivity contribution in [3.05, 3.63) is 42.1 Å². The number of para-hydroxylation sites is 1. The Morgan fingerprint density at radius 3 is 2.80 bits per heavy atom. The van der Waals surface area contributed by atoms with Crippen LogP contribution in [0.4, 0.5) is 0 Å². The molecular formula is C15H17NO3S. The van der Waals surface area contributed by atoms with Gasteiger partial charge in [-0.2, -0.15) is 0 Å². The van der Waals surface area contributed by atoms with Crippen LogP contribution in [0, 0.1) is 0 Å². The van der Waals surface area contributed by atoms with E-state index >= 15 is 0 Å². The average Bonchev–Trinajstić information content (AvgIpc) is 2.46. The Hall–Kier alpha value is -1.75. The number of esters is 1. The zero-order chi connectivity index (χ0) is 14.5. The minimum absolute atomic E-state index is 0.163. The van der Waals surface area contributed by atoms with Crippen LogP contribution in [-0.2, 0) is 26.1 Å². The maximum absolute atomic E-state index is 12.2. The van der Waals surface area contributed by atoms with E-state index in [2.05, 4.69) is 9.72 Å². The standard InChI is InChI=1S/C15H17NO3S/c1-11(9-15(17)19-2)20(18)10-13-8-7-12-5-3-4-6-14(12)16-13/h3-8,11H,9-10H2,1-2H3. The molecule has 0 aliphatic heterocycles. The Kier molecular flexibility index (Phi) is 4.84. The van der Waals surface area contributed by atoms with Crippen LogP contribution in [0.3, 0.4) is 0 Å². The lowest BCUT2D eigenvalue weighted by atomic mass is 10.2. The monoisotopic (exact) mass is 291 g/mol. The number of rotatable bonds is 5. The van der Waals surface area contributed by atoms with Crippen molar-refractivity contribution in [2.45, 2.75) is 24.3 Å². The highest BCUT2D eigenvalue weighted by Gasteiger charge is 2.16. The fraction of sp³-hybridized carbons (Fsp3) is 0.333. The van der Waals surface area contributed by atoms with Gasteiger partial charge in [0.1, 0.15) is 0 Å². The first kappa shape index (κ1) is 14.7. The molecule has 0 aliphatic carbocycles. The molecule has 0 bridgehead atoms. The summed E-state index contributed by atoms with van der Waals surface area (Å²) in [5, 5.41) is 0.820. The van der Waals surface area contributed by atoms with E-state index in [9.17, 15) is 9.00 Å². The van der Waals surface area contributed by atoms with Gasteiger partial charge in [0.05, 0.1) is 30.5 Å². The summed E-state index contributed by atoms with van der Waals surface area (Å²) in [5.41, 5.74) is 1.67. The largest absolute Gasteiger partial charge is 0.469 e. The van der Waals surface area contributed by atoms with Crippen LogP contribution < -0.4 is 0 Å². The van der Waals surface area contributed by atoms with E-state index in [1.165, 1.54) is 7.11 Å². The number of carbonyl (C=O) groups is 1. The predicted molar refractivity (Wildman–Crippen MR) is 79.7 cm³/mol. The molecule has 2 rings (SSSR count). The van der Waals surface area contributed by atoms with Crippen molar-refractivity contribution in [2.75, 3.05) is 7.11 Å². The normalized spacial score (nSPS) is 13.9. The lowest BCUT2D eigenvalue weighted by molar-refractivity contribution is -0.140. The van der Waals surface area contributed by atoms with Gasteiger partial charge < -0.3 is 4.74 Å². The SMILES string of the molecule is COC(=O)CC(C)S(=O)Cc1ccc2ccccc2n1. The topological polar surface area (TPSA) is 56.3 Å². The van der Waals surface area contributed by atoms with Crippen molar-refractivity contribution in [1.29, 1.82) is 0 Å². The van der Waals surface area contributed by atoms with Crippen LogP contribution in [0.15, 0.2) is 36.4 Å². The number of methoxy groups -OCH3 is 1. The highest BCUT2D eigenvalue weighted by atomic mass is 32.2. The number of fused-ring (bicyclic) bond motifs is 1. The van der Waals surface area contributed by atoms with Crippen molar-refractivity contribution in [3.63, 3.8) is 0 Å². The third-order valence-electron chi connectivity index (χ3n) is 3.08. The molecule has 5 heteroatoms. The Balaban J connectivity index is 2.07. The van der Waals surface area contributed by atoms with E-state index in [0.717, 1.165) is 16.6 Å². The van der Waals surface area contributed by atoms with E-state index in [-0.39, 0.29) is 17.6 Å². The zero-order valence-corrected chi connectivity index (χ0v) is 12.4. The second-order valence-electron chi connectivity index (χ2n) is 4.61. The molecule has 0 N–H and O–H groups in total. The summed E-state index contributed by atoms with van der Waals surface area (Å²) in [4.78, 5) is 15.7. The number of carbonyl (C=O) groups excluding carboxylic acids is 1. The lowest BCUT2D eigenvalue weighted by Gasteiger charge is -2.10. The van der Waals surface area contributed by atoms with Crippen molar-refractivity contribution in [3.8, 4) is 0 Å². The lowest BCUT2D eigenvalue weighted by Crippen LogP contribution is -2.18. The first-order chi connectivity index (χ1) is 9.60. The minimum Gasteiger partial charge on any atom is -0.469 e. The first-order valence-electron chi connectivity index (χ1n) is 6.39. The van der Waals surface area contributed by atoms with Crippen molar-refractivity contribution >= 4 is 27.7 Å². The van der Waals surface area contributed by atoms with Crippen LogP contribution in [0.25, 0.3) is 10.9 Å². The van der Waals surface area contributed by atoms with E-state index in [1.54, 1.807) is 6.92 Å². The fourth-order valence-corrected chi connectivity index (χ4v) is 2.95. The van der Waals surface area contributed by atoms with Crippen LogP contribution in [0.2, 0.25) is 0 Å². The number of pyridine rings is 1. The molecule has 20 heavy (non-hydrogen) atoms. The van der Waals surface area contributed by atoms with Gasteiger partial charge >= 0.3 is 5.97 Å². The van der Waals surface area contributed by atoms with Gasteiger partial charge in [-0.15, -0.1) is 0 Å². The molecule has 0 saturated heterocycles. The summed E-state index contributed by atoms with van der Waals surface area (Å²) in [7, 11) is 0.192. The van der Waals surface area contributed by atoms with Crippen LogP contribution in [0.5, 0.6) is 0 Å². The van der Waals surface area contributed by atoms with Gasteiger partial charge in [0, 0.05) is 21.4 Å². The van der Waals surface area contributed by atoms with E-state index in [0.29, 0.717) is 5.75 Å². The van der Waals surface area contributed by atoms with Gasteiger partial charge in [0.15, 0.2) is 0 Å².